The van der Waals surface area contributed by atoms with Crippen molar-refractivity contribution < 1.29 is 9.90 Å². The molecular formula is C10H14O2. The van der Waals surface area contributed by atoms with Crippen LogP contribution in [0.3, 0.4) is 0 Å². The molecule has 0 aromatic carbocycles. The highest BCUT2D eigenvalue weighted by Crippen LogP contribution is 2.50. The van der Waals surface area contributed by atoms with E-state index in [9.17, 15) is 4.79 Å². The van der Waals surface area contributed by atoms with Crippen LogP contribution in [0.5, 0.6) is 0 Å². The molecule has 2 nitrogen and oxygen atoms in total. The lowest BCUT2D eigenvalue weighted by molar-refractivity contribution is -0.137. The van der Waals surface area contributed by atoms with Gasteiger partial charge in [-0.05, 0) is 38.0 Å². The Morgan fingerprint density at radius 3 is 2.83 bits per heavy atom. The maximum atomic E-state index is 10.2. The smallest absolute Gasteiger partial charge is 0.303 e. The first-order chi connectivity index (χ1) is 5.77. The molecule has 2 heteroatoms. The summed E-state index contributed by atoms with van der Waals surface area (Å²) >= 11 is 0. The molecule has 0 spiro atoms. The van der Waals surface area contributed by atoms with Gasteiger partial charge < -0.3 is 5.11 Å². The summed E-state index contributed by atoms with van der Waals surface area (Å²) in [6.45, 7) is 0. The first-order valence-electron chi connectivity index (χ1n) is 4.70. The predicted molar refractivity (Wildman–Crippen MR) is 45.9 cm³/mol. The molecule has 0 amide bonds. The lowest BCUT2D eigenvalue weighted by atomic mass is 10.1. The van der Waals surface area contributed by atoms with Gasteiger partial charge in [0.25, 0.3) is 0 Å². The molecule has 0 aromatic heterocycles. The van der Waals surface area contributed by atoms with Crippen molar-refractivity contribution in [2.24, 2.45) is 5.92 Å². The van der Waals surface area contributed by atoms with Crippen LogP contribution in [0.25, 0.3) is 0 Å². The van der Waals surface area contributed by atoms with E-state index < -0.39 is 5.97 Å². The minimum absolute atomic E-state index is 0.346. The fourth-order valence-corrected chi connectivity index (χ4v) is 1.80. The van der Waals surface area contributed by atoms with Gasteiger partial charge in [-0.25, -0.2) is 0 Å². The highest BCUT2D eigenvalue weighted by Gasteiger charge is 2.35. The number of carboxylic acid groups (broad SMARTS) is 1. The average Bonchev–Trinajstić information content (AvgIpc) is 2.80. The second-order valence-electron chi connectivity index (χ2n) is 3.82. The third kappa shape index (κ3) is 1.87. The van der Waals surface area contributed by atoms with Crippen molar-refractivity contribution in [2.45, 2.75) is 38.5 Å². The van der Waals surface area contributed by atoms with Crippen molar-refractivity contribution in [1.82, 2.24) is 0 Å². The summed E-state index contributed by atoms with van der Waals surface area (Å²) in [7, 11) is 0. The van der Waals surface area contributed by atoms with Crippen LogP contribution in [-0.2, 0) is 4.79 Å². The van der Waals surface area contributed by atoms with E-state index in [0.717, 1.165) is 18.8 Å². The molecule has 2 saturated carbocycles. The molecule has 1 atom stereocenters. The van der Waals surface area contributed by atoms with Crippen molar-refractivity contribution in [3.8, 4) is 0 Å². The Bertz CT molecular complexity index is 234. The van der Waals surface area contributed by atoms with Crippen molar-refractivity contribution in [3.05, 3.63) is 11.1 Å². The first-order valence-corrected chi connectivity index (χ1v) is 4.70. The number of rotatable bonds is 4. The van der Waals surface area contributed by atoms with Crippen molar-refractivity contribution >= 4 is 5.97 Å². The van der Waals surface area contributed by atoms with Gasteiger partial charge in [-0.2, -0.15) is 0 Å². The summed E-state index contributed by atoms with van der Waals surface area (Å²) in [5.41, 5.74) is 3.34. The summed E-state index contributed by atoms with van der Waals surface area (Å²) in [5.74, 6) is 0.123. The maximum Gasteiger partial charge on any atom is 0.303 e. The zero-order chi connectivity index (χ0) is 8.55. The van der Waals surface area contributed by atoms with Gasteiger partial charge in [-0.1, -0.05) is 11.1 Å². The Balaban J connectivity index is 1.64. The van der Waals surface area contributed by atoms with Crippen LogP contribution in [-0.4, -0.2) is 11.1 Å². The van der Waals surface area contributed by atoms with Gasteiger partial charge >= 0.3 is 5.97 Å². The van der Waals surface area contributed by atoms with Gasteiger partial charge in [0.2, 0.25) is 0 Å². The fraction of sp³-hybridized carbons (Fsp3) is 0.700. The first kappa shape index (κ1) is 7.84. The number of allylic oxidation sites excluding steroid dienone is 2. The number of carboxylic acids is 1. The Kier molecular flexibility index (Phi) is 1.91. The molecular weight excluding hydrogens is 152 g/mol. The van der Waals surface area contributed by atoms with E-state index in [-0.39, 0.29) is 0 Å². The molecule has 0 aromatic rings. The maximum absolute atomic E-state index is 10.2. The van der Waals surface area contributed by atoms with Gasteiger partial charge in [0.15, 0.2) is 0 Å². The van der Waals surface area contributed by atoms with Crippen LogP contribution in [0.4, 0.5) is 0 Å². The minimum Gasteiger partial charge on any atom is -0.481 e. The van der Waals surface area contributed by atoms with E-state index in [1.165, 1.54) is 19.3 Å². The average molecular weight is 166 g/mol. The topological polar surface area (TPSA) is 37.3 Å². The molecule has 12 heavy (non-hydrogen) atoms. The van der Waals surface area contributed by atoms with Gasteiger partial charge in [0, 0.05) is 6.42 Å². The van der Waals surface area contributed by atoms with Crippen molar-refractivity contribution in [1.29, 1.82) is 0 Å². The highest BCUT2D eigenvalue weighted by molar-refractivity contribution is 5.66. The SMILES string of the molecule is O=C(O)CCCC1CC1=C1CC1. The van der Waals surface area contributed by atoms with Crippen LogP contribution in [0, 0.1) is 5.92 Å². The van der Waals surface area contributed by atoms with E-state index in [0.29, 0.717) is 6.42 Å². The van der Waals surface area contributed by atoms with Crippen molar-refractivity contribution in [3.63, 3.8) is 0 Å². The Morgan fingerprint density at radius 2 is 2.25 bits per heavy atom. The number of carbonyl (C=O) groups is 1. The molecule has 0 radical (unpaired) electrons. The molecule has 1 N–H and O–H groups in total. The molecule has 2 aliphatic rings. The second kappa shape index (κ2) is 2.92. The van der Waals surface area contributed by atoms with E-state index in [1.54, 1.807) is 11.1 Å². The Hall–Kier alpha value is -0.790. The molecule has 0 heterocycles. The standard InChI is InChI=1S/C10H14O2/c11-10(12)3-1-2-8-6-9(8)7-4-5-7/h8H,1-6H2,(H,11,12). The van der Waals surface area contributed by atoms with Gasteiger partial charge in [0.1, 0.15) is 0 Å². The van der Waals surface area contributed by atoms with Crippen molar-refractivity contribution in [2.75, 3.05) is 0 Å². The summed E-state index contributed by atoms with van der Waals surface area (Å²) in [5, 5.41) is 8.42. The van der Waals surface area contributed by atoms with E-state index in [2.05, 4.69) is 0 Å². The lowest BCUT2D eigenvalue weighted by Crippen LogP contribution is -1.93. The monoisotopic (exact) mass is 166 g/mol. The van der Waals surface area contributed by atoms with Gasteiger partial charge in [0.05, 0.1) is 0 Å². The molecule has 2 aliphatic carbocycles. The predicted octanol–water partition coefficient (Wildman–Crippen LogP) is 2.35. The third-order valence-corrected chi connectivity index (χ3v) is 2.70. The zero-order valence-electron chi connectivity index (χ0n) is 7.18. The van der Waals surface area contributed by atoms with E-state index in [4.69, 9.17) is 5.11 Å². The van der Waals surface area contributed by atoms with Crippen LogP contribution >= 0.6 is 0 Å². The Morgan fingerprint density at radius 1 is 1.50 bits per heavy atom. The quantitative estimate of drug-likeness (QED) is 0.651. The van der Waals surface area contributed by atoms with Gasteiger partial charge in [-0.15, -0.1) is 0 Å². The second-order valence-corrected chi connectivity index (χ2v) is 3.82. The molecule has 2 fully saturated rings. The van der Waals surface area contributed by atoms with Crippen LogP contribution in [0.15, 0.2) is 11.1 Å². The highest BCUT2D eigenvalue weighted by atomic mass is 16.4. The number of hydrogen-bond donors (Lipinski definition) is 1. The molecule has 0 saturated heterocycles. The Labute approximate surface area is 72.3 Å². The van der Waals surface area contributed by atoms with Crippen LogP contribution in [0.2, 0.25) is 0 Å². The fourth-order valence-electron chi connectivity index (χ4n) is 1.80. The van der Waals surface area contributed by atoms with Crippen LogP contribution in [0.1, 0.15) is 38.5 Å². The summed E-state index contributed by atoms with van der Waals surface area (Å²) < 4.78 is 0. The third-order valence-electron chi connectivity index (χ3n) is 2.70. The molecule has 1 unspecified atom stereocenters. The summed E-state index contributed by atoms with van der Waals surface area (Å²) in [4.78, 5) is 10.2. The zero-order valence-corrected chi connectivity index (χ0v) is 7.18. The van der Waals surface area contributed by atoms with E-state index in [1.807, 2.05) is 0 Å². The van der Waals surface area contributed by atoms with Crippen LogP contribution < -0.4 is 0 Å². The van der Waals surface area contributed by atoms with E-state index >= 15 is 0 Å². The minimum atomic E-state index is -0.656. The summed E-state index contributed by atoms with van der Waals surface area (Å²) in [6.07, 6.45) is 6.23. The molecule has 0 aliphatic heterocycles. The lowest BCUT2D eigenvalue weighted by Gasteiger charge is -1.92. The summed E-state index contributed by atoms with van der Waals surface area (Å²) in [6, 6.07) is 0. The molecule has 66 valence electrons. The number of aliphatic carboxylic acids is 1. The largest absolute Gasteiger partial charge is 0.481 e. The number of hydrogen-bond acceptors (Lipinski definition) is 1. The molecule has 2 rings (SSSR count). The van der Waals surface area contributed by atoms with Gasteiger partial charge in [-0.3, -0.25) is 4.79 Å². The normalized spacial score (nSPS) is 25.8. The molecule has 0 bridgehead atoms.